The van der Waals surface area contributed by atoms with E-state index in [1.807, 2.05) is 14.0 Å². The van der Waals surface area contributed by atoms with E-state index in [2.05, 4.69) is 15.7 Å². The molecule has 6 heteroatoms. The van der Waals surface area contributed by atoms with Crippen LogP contribution in [0.4, 0.5) is 0 Å². The second-order valence-electron chi connectivity index (χ2n) is 5.07. The van der Waals surface area contributed by atoms with Crippen molar-refractivity contribution in [2.24, 2.45) is 11.7 Å². The summed E-state index contributed by atoms with van der Waals surface area (Å²) in [7, 11) is 1.85. The smallest absolute Gasteiger partial charge is 0.238 e. The maximum atomic E-state index is 11.7. The van der Waals surface area contributed by atoms with E-state index in [0.29, 0.717) is 5.92 Å². The Balaban J connectivity index is 1.89. The fourth-order valence-corrected chi connectivity index (χ4v) is 4.91. The number of aryl methyl sites for hydroxylation is 1. The molecule has 4 nitrogen and oxygen atoms in total. The Morgan fingerprint density at radius 1 is 1.74 bits per heavy atom. The average molecular weight is 299 g/mol. The van der Waals surface area contributed by atoms with E-state index in [4.69, 9.17) is 5.73 Å². The zero-order valence-corrected chi connectivity index (χ0v) is 13.1. The minimum Gasteiger partial charge on any atom is -0.368 e. The second-order valence-corrected chi connectivity index (χ2v) is 7.27. The number of amides is 1. The average Bonchev–Trinajstić information content (AvgIpc) is 2.96. The van der Waals surface area contributed by atoms with Gasteiger partial charge in [0.2, 0.25) is 5.91 Å². The summed E-state index contributed by atoms with van der Waals surface area (Å²) in [6, 6.07) is 0. The van der Waals surface area contributed by atoms with Gasteiger partial charge in [0.1, 0.15) is 9.88 Å². The zero-order chi connectivity index (χ0) is 13.9. The van der Waals surface area contributed by atoms with Crippen LogP contribution < -0.4 is 11.1 Å². The standard InChI is InChI=1S/C13H21N3OS2/c1-9-8-19-12(16-9)18-7-5-10-4-3-6-13(10,15-2)11(14)17/h8,10,15H,3-7H2,1-2H3,(H2,14,17). The highest BCUT2D eigenvalue weighted by atomic mass is 32.2. The summed E-state index contributed by atoms with van der Waals surface area (Å²) in [6.07, 6.45) is 4.04. The molecule has 1 heterocycles. The molecule has 1 aliphatic rings. The molecule has 1 aromatic rings. The summed E-state index contributed by atoms with van der Waals surface area (Å²) >= 11 is 3.47. The van der Waals surface area contributed by atoms with Gasteiger partial charge in [-0.05, 0) is 39.2 Å². The summed E-state index contributed by atoms with van der Waals surface area (Å²) in [5.74, 6) is 1.14. The second kappa shape index (κ2) is 6.24. The maximum absolute atomic E-state index is 11.7. The van der Waals surface area contributed by atoms with Gasteiger partial charge >= 0.3 is 0 Å². The molecule has 0 saturated heterocycles. The first kappa shape index (κ1) is 14.8. The van der Waals surface area contributed by atoms with E-state index in [0.717, 1.165) is 41.5 Å². The Morgan fingerprint density at radius 2 is 2.53 bits per heavy atom. The molecule has 106 valence electrons. The molecule has 0 aliphatic heterocycles. The Bertz CT molecular complexity index is 449. The number of nitrogens with two attached hydrogens (primary N) is 1. The van der Waals surface area contributed by atoms with Crippen LogP contribution in [-0.4, -0.2) is 29.2 Å². The third-order valence-electron chi connectivity index (χ3n) is 4.00. The van der Waals surface area contributed by atoms with E-state index in [1.165, 1.54) is 0 Å². The van der Waals surface area contributed by atoms with Gasteiger partial charge < -0.3 is 11.1 Å². The first-order valence-electron chi connectivity index (χ1n) is 6.62. The molecule has 1 aliphatic carbocycles. The van der Waals surface area contributed by atoms with Crippen LogP contribution in [0.25, 0.3) is 0 Å². The van der Waals surface area contributed by atoms with Gasteiger partial charge in [0, 0.05) is 16.8 Å². The van der Waals surface area contributed by atoms with E-state index in [9.17, 15) is 4.79 Å². The molecule has 0 aromatic carbocycles. The van der Waals surface area contributed by atoms with Crippen molar-refractivity contribution in [2.75, 3.05) is 12.8 Å². The summed E-state index contributed by atoms with van der Waals surface area (Å²) < 4.78 is 1.12. The molecular weight excluding hydrogens is 278 g/mol. The van der Waals surface area contributed by atoms with Crippen molar-refractivity contribution < 1.29 is 4.79 Å². The van der Waals surface area contributed by atoms with Crippen LogP contribution >= 0.6 is 23.1 Å². The van der Waals surface area contributed by atoms with Crippen LogP contribution in [-0.2, 0) is 4.79 Å². The van der Waals surface area contributed by atoms with Crippen molar-refractivity contribution in [3.05, 3.63) is 11.1 Å². The summed E-state index contributed by atoms with van der Waals surface area (Å²) in [5, 5.41) is 5.25. The van der Waals surface area contributed by atoms with Crippen LogP contribution in [0.1, 0.15) is 31.4 Å². The normalized spacial score (nSPS) is 26.7. The SMILES string of the molecule is CNC1(C(N)=O)CCCC1CCSc1nc(C)cs1. The number of nitrogens with one attached hydrogen (secondary N) is 1. The minimum absolute atomic E-state index is 0.201. The Hall–Kier alpha value is -0.590. The van der Waals surface area contributed by atoms with Crippen molar-refractivity contribution in [2.45, 2.75) is 42.5 Å². The fraction of sp³-hybridized carbons (Fsp3) is 0.692. The van der Waals surface area contributed by atoms with Crippen LogP contribution in [0, 0.1) is 12.8 Å². The molecule has 0 bridgehead atoms. The quantitative estimate of drug-likeness (QED) is 0.790. The number of thioether (sulfide) groups is 1. The molecule has 0 spiro atoms. The maximum Gasteiger partial charge on any atom is 0.238 e. The Kier molecular flexibility index (Phi) is 4.86. The van der Waals surface area contributed by atoms with E-state index >= 15 is 0 Å². The van der Waals surface area contributed by atoms with Crippen LogP contribution in [0.2, 0.25) is 0 Å². The number of hydrogen-bond acceptors (Lipinski definition) is 5. The lowest BCUT2D eigenvalue weighted by Crippen LogP contribution is -2.56. The number of rotatable bonds is 6. The van der Waals surface area contributed by atoms with Gasteiger partial charge in [-0.25, -0.2) is 4.98 Å². The fourth-order valence-electron chi connectivity index (χ4n) is 2.93. The van der Waals surface area contributed by atoms with Crippen LogP contribution in [0.3, 0.4) is 0 Å². The topological polar surface area (TPSA) is 68.0 Å². The first-order valence-corrected chi connectivity index (χ1v) is 8.49. The number of aromatic nitrogens is 1. The largest absolute Gasteiger partial charge is 0.368 e. The number of likely N-dealkylation sites (N-methyl/N-ethyl adjacent to an activating group) is 1. The molecule has 1 saturated carbocycles. The predicted molar refractivity (Wildman–Crippen MR) is 80.5 cm³/mol. The third-order valence-corrected chi connectivity index (χ3v) is 6.17. The number of hydrogen-bond donors (Lipinski definition) is 2. The van der Waals surface area contributed by atoms with Gasteiger partial charge in [0.15, 0.2) is 0 Å². The number of carbonyl (C=O) groups is 1. The van der Waals surface area contributed by atoms with Crippen LogP contribution in [0.5, 0.6) is 0 Å². The highest BCUT2D eigenvalue weighted by Crippen LogP contribution is 2.39. The van der Waals surface area contributed by atoms with Crippen molar-refractivity contribution in [3.8, 4) is 0 Å². The number of primary amides is 1. The number of carbonyl (C=O) groups excluding carboxylic acids is 1. The predicted octanol–water partition coefficient (Wildman–Crippen LogP) is 2.18. The van der Waals surface area contributed by atoms with Crippen molar-refractivity contribution in [1.82, 2.24) is 10.3 Å². The highest BCUT2D eigenvalue weighted by molar-refractivity contribution is 8.01. The highest BCUT2D eigenvalue weighted by Gasteiger charge is 2.45. The summed E-state index contributed by atoms with van der Waals surface area (Å²) in [6.45, 7) is 2.01. The lowest BCUT2D eigenvalue weighted by Gasteiger charge is -2.32. The van der Waals surface area contributed by atoms with Crippen molar-refractivity contribution in [3.63, 3.8) is 0 Å². The Morgan fingerprint density at radius 3 is 3.11 bits per heavy atom. The van der Waals surface area contributed by atoms with Gasteiger partial charge in [-0.15, -0.1) is 11.3 Å². The lowest BCUT2D eigenvalue weighted by molar-refractivity contribution is -0.125. The molecule has 3 N–H and O–H groups in total. The van der Waals surface area contributed by atoms with Gasteiger partial charge in [-0.1, -0.05) is 18.2 Å². The zero-order valence-electron chi connectivity index (χ0n) is 11.4. The summed E-state index contributed by atoms with van der Waals surface area (Å²) in [4.78, 5) is 16.2. The molecular formula is C13H21N3OS2. The Labute approximate surface area is 122 Å². The van der Waals surface area contributed by atoms with Crippen LogP contribution in [0.15, 0.2) is 9.72 Å². The molecule has 2 atom stereocenters. The van der Waals surface area contributed by atoms with E-state index in [1.54, 1.807) is 23.1 Å². The van der Waals surface area contributed by atoms with Crippen molar-refractivity contribution >= 4 is 29.0 Å². The number of nitrogens with zero attached hydrogens (tertiary/aromatic N) is 1. The van der Waals surface area contributed by atoms with Crippen molar-refractivity contribution in [1.29, 1.82) is 0 Å². The van der Waals surface area contributed by atoms with Gasteiger partial charge in [0.25, 0.3) is 0 Å². The molecule has 1 fully saturated rings. The van der Waals surface area contributed by atoms with Gasteiger partial charge in [0.05, 0.1) is 0 Å². The van der Waals surface area contributed by atoms with Gasteiger partial charge in [-0.3, -0.25) is 4.79 Å². The lowest BCUT2D eigenvalue weighted by atomic mass is 9.84. The molecule has 1 aromatic heterocycles. The molecule has 2 rings (SSSR count). The monoisotopic (exact) mass is 299 g/mol. The molecule has 2 unspecified atom stereocenters. The molecule has 0 radical (unpaired) electrons. The van der Waals surface area contributed by atoms with E-state index in [-0.39, 0.29) is 5.91 Å². The minimum atomic E-state index is -0.487. The molecule has 19 heavy (non-hydrogen) atoms. The van der Waals surface area contributed by atoms with E-state index < -0.39 is 5.54 Å². The molecule has 1 amide bonds. The third kappa shape index (κ3) is 3.12. The summed E-state index contributed by atoms with van der Waals surface area (Å²) in [5.41, 5.74) is 6.19. The van der Waals surface area contributed by atoms with Gasteiger partial charge in [-0.2, -0.15) is 0 Å². The number of thiazole rings is 1. The first-order chi connectivity index (χ1) is 9.08.